The van der Waals surface area contributed by atoms with E-state index in [1.807, 2.05) is 0 Å². The molecule has 1 aromatic rings. The number of benzene rings is 1. The second-order valence-corrected chi connectivity index (χ2v) is 5.51. The van der Waals surface area contributed by atoms with Crippen molar-refractivity contribution in [2.45, 2.75) is 32.9 Å². The molecule has 1 N–H and O–H groups in total. The average molecular weight is 340 g/mol. The first-order valence-electron chi connectivity index (χ1n) is 7.05. The van der Waals surface area contributed by atoms with Crippen molar-refractivity contribution in [3.63, 3.8) is 0 Å². The summed E-state index contributed by atoms with van der Waals surface area (Å²) in [6, 6.07) is 4.61. The molecular weight excluding hydrogens is 325 g/mol. The zero-order valence-corrected chi connectivity index (χ0v) is 13.2. The van der Waals surface area contributed by atoms with Crippen LogP contribution in [0.2, 0.25) is 0 Å². The maximum Gasteiger partial charge on any atom is 0.416 e. The van der Waals surface area contributed by atoms with Crippen LogP contribution < -0.4 is 5.32 Å². The summed E-state index contributed by atoms with van der Waals surface area (Å²) in [5, 5.41) is 14.2. The summed E-state index contributed by atoms with van der Waals surface area (Å²) in [5.41, 5.74) is -1.36. The van der Waals surface area contributed by atoms with Crippen molar-refractivity contribution in [1.82, 2.24) is 5.32 Å². The van der Waals surface area contributed by atoms with Gasteiger partial charge in [-0.25, -0.2) is 0 Å². The summed E-state index contributed by atoms with van der Waals surface area (Å²) >= 11 is 0. The van der Waals surface area contributed by atoms with Crippen LogP contribution in [0, 0.1) is 10.1 Å². The highest BCUT2D eigenvalue weighted by Gasteiger charge is 2.43. The third-order valence-electron chi connectivity index (χ3n) is 3.88. The molecule has 0 fully saturated rings. The van der Waals surface area contributed by atoms with Gasteiger partial charge in [0, 0.05) is 11.3 Å². The van der Waals surface area contributed by atoms with Gasteiger partial charge in [0.05, 0.1) is 16.2 Å². The minimum Gasteiger partial charge on any atom is -0.357 e. The number of nitrogens with zero attached hydrogens (tertiary/aromatic N) is 1. The predicted molar refractivity (Wildman–Crippen MR) is 80.4 cm³/mol. The number of alkyl halides is 3. The third kappa shape index (κ3) is 3.04. The van der Waals surface area contributed by atoms with Gasteiger partial charge in [0.25, 0.3) is 5.70 Å². The summed E-state index contributed by atoms with van der Waals surface area (Å²) in [6.07, 6.45) is -4.69. The lowest BCUT2D eigenvalue weighted by molar-refractivity contribution is -0.431. The smallest absolute Gasteiger partial charge is 0.357 e. The molecule has 0 bridgehead atoms. The lowest BCUT2D eigenvalue weighted by atomic mass is 9.80. The van der Waals surface area contributed by atoms with Crippen LogP contribution in [0.5, 0.6) is 0 Å². The first-order chi connectivity index (χ1) is 11.1. The van der Waals surface area contributed by atoms with Crippen LogP contribution >= 0.6 is 0 Å². The summed E-state index contributed by atoms with van der Waals surface area (Å²) < 4.78 is 40.1. The lowest BCUT2D eigenvalue weighted by Gasteiger charge is -2.28. The van der Waals surface area contributed by atoms with Crippen LogP contribution in [0.3, 0.4) is 0 Å². The van der Waals surface area contributed by atoms with Gasteiger partial charge in [-0.3, -0.25) is 14.9 Å². The van der Waals surface area contributed by atoms with Crippen molar-refractivity contribution in [3.05, 3.63) is 68.2 Å². The third-order valence-corrected chi connectivity index (χ3v) is 3.88. The Morgan fingerprint density at radius 1 is 1.21 bits per heavy atom. The Hall–Kier alpha value is -2.64. The van der Waals surface area contributed by atoms with Crippen LogP contribution in [0.1, 0.15) is 37.8 Å². The average Bonchev–Trinajstić information content (AvgIpc) is 2.44. The van der Waals surface area contributed by atoms with Crippen molar-refractivity contribution in [2.24, 2.45) is 0 Å². The van der Waals surface area contributed by atoms with E-state index < -0.39 is 34.1 Å². The van der Waals surface area contributed by atoms with Crippen molar-refractivity contribution in [1.29, 1.82) is 0 Å². The highest BCUT2D eigenvalue weighted by molar-refractivity contribution is 5.96. The summed E-state index contributed by atoms with van der Waals surface area (Å²) in [7, 11) is 0. The molecule has 1 atom stereocenters. The Balaban J connectivity index is 2.82. The van der Waals surface area contributed by atoms with E-state index in [1.165, 1.54) is 39.0 Å². The number of hydrogen-bond acceptors (Lipinski definition) is 4. The zero-order chi connectivity index (χ0) is 18.2. The molecule has 0 aromatic heterocycles. The van der Waals surface area contributed by atoms with E-state index in [0.29, 0.717) is 5.70 Å². The number of ketones is 1. The standard InChI is InChI=1S/C16H15F3N2O3/c1-8-13(10(3)22)14(15(21(23)24)9(2)20-8)11-6-4-5-7-12(11)16(17,18)19/h4-7,14,20H,1-3H3. The minimum absolute atomic E-state index is 0.0380. The number of carbonyl (C=O) groups excluding carboxylic acids is 1. The molecule has 0 spiro atoms. The quantitative estimate of drug-likeness (QED) is 0.672. The van der Waals surface area contributed by atoms with E-state index in [2.05, 4.69) is 5.32 Å². The molecule has 0 aliphatic carbocycles. The van der Waals surface area contributed by atoms with Crippen molar-refractivity contribution in [3.8, 4) is 0 Å². The van der Waals surface area contributed by atoms with Gasteiger partial charge in [-0.15, -0.1) is 0 Å². The molecule has 0 amide bonds. The molecule has 1 aliphatic heterocycles. The van der Waals surface area contributed by atoms with Crippen LogP contribution in [-0.2, 0) is 11.0 Å². The van der Waals surface area contributed by atoms with Gasteiger partial charge >= 0.3 is 6.18 Å². The molecule has 0 saturated heterocycles. The van der Waals surface area contributed by atoms with Gasteiger partial charge in [-0.1, -0.05) is 18.2 Å². The van der Waals surface area contributed by atoms with E-state index in [0.717, 1.165) is 6.07 Å². The van der Waals surface area contributed by atoms with E-state index in [9.17, 15) is 28.1 Å². The summed E-state index contributed by atoms with van der Waals surface area (Å²) in [5.74, 6) is -1.90. The Kier molecular flexibility index (Phi) is 4.50. The fourth-order valence-corrected chi connectivity index (χ4v) is 3.00. The second-order valence-electron chi connectivity index (χ2n) is 5.51. The summed E-state index contributed by atoms with van der Waals surface area (Å²) in [6.45, 7) is 4.10. The largest absolute Gasteiger partial charge is 0.416 e. The highest BCUT2D eigenvalue weighted by atomic mass is 19.4. The van der Waals surface area contributed by atoms with Gasteiger partial charge < -0.3 is 5.32 Å². The number of rotatable bonds is 3. The molecule has 1 unspecified atom stereocenters. The summed E-state index contributed by atoms with van der Waals surface area (Å²) in [4.78, 5) is 22.7. The van der Waals surface area contributed by atoms with Crippen molar-refractivity contribution < 1.29 is 22.9 Å². The molecule has 1 aliphatic rings. The molecule has 1 heterocycles. The number of halogens is 3. The number of allylic oxidation sites excluding steroid dienone is 3. The van der Waals surface area contributed by atoms with Gasteiger partial charge in [0.15, 0.2) is 5.78 Å². The van der Waals surface area contributed by atoms with Crippen LogP contribution in [0.25, 0.3) is 0 Å². The van der Waals surface area contributed by atoms with E-state index in [1.54, 1.807) is 0 Å². The SMILES string of the molecule is CC(=O)C1=C(C)NC(C)=C([N+](=O)[O-])C1c1ccccc1C(F)(F)F. The van der Waals surface area contributed by atoms with Crippen LogP contribution in [0.4, 0.5) is 13.2 Å². The van der Waals surface area contributed by atoms with Crippen LogP contribution in [0.15, 0.2) is 46.9 Å². The minimum atomic E-state index is -4.69. The molecule has 0 radical (unpaired) electrons. The van der Waals surface area contributed by atoms with E-state index in [-0.39, 0.29) is 16.8 Å². The molecule has 0 saturated carbocycles. The number of nitrogens with one attached hydrogen (secondary N) is 1. The topological polar surface area (TPSA) is 72.2 Å². The number of hydrogen-bond donors (Lipinski definition) is 1. The Morgan fingerprint density at radius 3 is 2.29 bits per heavy atom. The molecule has 8 heteroatoms. The van der Waals surface area contributed by atoms with Crippen molar-refractivity contribution in [2.75, 3.05) is 0 Å². The number of dihydropyridines is 1. The first kappa shape index (κ1) is 17.7. The van der Waals surface area contributed by atoms with Gasteiger partial charge in [0.1, 0.15) is 5.92 Å². The maximum absolute atomic E-state index is 13.4. The zero-order valence-electron chi connectivity index (χ0n) is 13.2. The Bertz CT molecular complexity index is 743. The lowest BCUT2D eigenvalue weighted by Crippen LogP contribution is -2.31. The Labute approximate surface area is 136 Å². The number of carbonyl (C=O) groups is 1. The molecule has 5 nitrogen and oxygen atoms in total. The van der Waals surface area contributed by atoms with Crippen molar-refractivity contribution >= 4 is 5.78 Å². The number of Topliss-reactive ketones (excluding diaryl/α,β-unsaturated/α-hetero) is 1. The van der Waals surface area contributed by atoms with Gasteiger partial charge in [-0.2, -0.15) is 13.2 Å². The monoisotopic (exact) mass is 340 g/mol. The molecular formula is C16H15F3N2O3. The molecule has 24 heavy (non-hydrogen) atoms. The van der Waals surface area contributed by atoms with E-state index in [4.69, 9.17) is 0 Å². The first-order valence-corrected chi connectivity index (χ1v) is 7.05. The molecule has 2 rings (SSSR count). The normalized spacial score (nSPS) is 18.5. The number of nitro groups is 1. The molecule has 1 aromatic carbocycles. The second kappa shape index (κ2) is 6.10. The highest BCUT2D eigenvalue weighted by Crippen LogP contribution is 2.43. The van der Waals surface area contributed by atoms with Gasteiger partial charge in [0.2, 0.25) is 0 Å². The molecule has 128 valence electrons. The predicted octanol–water partition coefficient (Wildman–Crippen LogP) is 3.76. The Morgan fingerprint density at radius 2 is 1.79 bits per heavy atom. The fraction of sp³-hybridized carbons (Fsp3) is 0.312. The fourth-order valence-electron chi connectivity index (χ4n) is 3.00. The van der Waals surface area contributed by atoms with Gasteiger partial charge in [-0.05, 0) is 32.4 Å². The maximum atomic E-state index is 13.4. The van der Waals surface area contributed by atoms with E-state index >= 15 is 0 Å². The van der Waals surface area contributed by atoms with Crippen LogP contribution in [-0.4, -0.2) is 10.7 Å².